The Labute approximate surface area is 302 Å². The van der Waals surface area contributed by atoms with Crippen molar-refractivity contribution in [2.45, 2.75) is 19.3 Å². The Kier molecular flexibility index (Phi) is 8.74. The van der Waals surface area contributed by atoms with Crippen LogP contribution in [-0.4, -0.2) is 0 Å². The maximum atomic E-state index is 2.44. The molecule has 8 aromatic carbocycles. The summed E-state index contributed by atoms with van der Waals surface area (Å²) < 4.78 is 0. The van der Waals surface area contributed by atoms with Gasteiger partial charge in [-0.2, -0.15) is 0 Å². The van der Waals surface area contributed by atoms with E-state index in [1.807, 2.05) is 0 Å². The van der Waals surface area contributed by atoms with Crippen LogP contribution in [0, 0.1) is 0 Å². The molecule has 0 nitrogen and oxygen atoms in total. The summed E-state index contributed by atoms with van der Waals surface area (Å²) in [6.07, 6.45) is 0. The van der Waals surface area contributed by atoms with Gasteiger partial charge in [-0.25, -0.2) is 0 Å². The summed E-state index contributed by atoms with van der Waals surface area (Å²) in [6.45, 7) is 4.77. The van der Waals surface area contributed by atoms with Gasteiger partial charge in [0.25, 0.3) is 0 Å². The lowest BCUT2D eigenvalue weighted by Gasteiger charge is -2.31. The highest BCUT2D eigenvalue weighted by Crippen LogP contribution is 2.48. The quantitative estimate of drug-likeness (QED) is 0.153. The number of hydrogen-bond acceptors (Lipinski definition) is 0. The molecule has 0 amide bonds. The van der Waals surface area contributed by atoms with Gasteiger partial charge in [0.15, 0.2) is 0 Å². The fourth-order valence-corrected chi connectivity index (χ4v) is 7.39. The number of rotatable bonds is 8. The van der Waals surface area contributed by atoms with Gasteiger partial charge in [0.1, 0.15) is 0 Å². The van der Waals surface area contributed by atoms with E-state index in [-0.39, 0.29) is 5.41 Å². The van der Waals surface area contributed by atoms with Crippen molar-refractivity contribution in [3.63, 3.8) is 0 Å². The lowest BCUT2D eigenvalue weighted by atomic mass is 9.72. The average molecular weight is 653 g/mol. The Morgan fingerprint density at radius 2 is 0.451 bits per heavy atom. The molecule has 244 valence electrons. The maximum absolute atomic E-state index is 2.44. The SMILES string of the molecule is CC(C)(c1cc(-c2ccccc2)c(-c2ccccc2)c(-c2ccccc2)c1)c1cc(-c2ccccc2)c(-c2ccccc2)c(-c2ccccc2)c1. The van der Waals surface area contributed by atoms with E-state index in [0.717, 1.165) is 0 Å². The van der Waals surface area contributed by atoms with Crippen LogP contribution in [0.2, 0.25) is 0 Å². The Bertz CT molecular complexity index is 2080. The minimum absolute atomic E-state index is 0.357. The maximum Gasteiger partial charge on any atom is 0.0147 e. The van der Waals surface area contributed by atoms with Gasteiger partial charge in [0, 0.05) is 5.41 Å². The second-order valence-corrected chi connectivity index (χ2v) is 13.7. The molecule has 0 N–H and O–H groups in total. The molecular weight excluding hydrogens is 613 g/mol. The van der Waals surface area contributed by atoms with E-state index in [0.29, 0.717) is 0 Å². The predicted octanol–water partition coefficient (Wildman–Crippen LogP) is 14.0. The summed E-state index contributed by atoms with van der Waals surface area (Å²) in [4.78, 5) is 0. The molecule has 0 atom stereocenters. The second kappa shape index (κ2) is 13.9. The van der Waals surface area contributed by atoms with Gasteiger partial charge in [-0.05, 0) is 102 Å². The fourth-order valence-electron chi connectivity index (χ4n) is 7.39. The van der Waals surface area contributed by atoms with E-state index >= 15 is 0 Å². The first-order valence-electron chi connectivity index (χ1n) is 17.8. The zero-order chi connectivity index (χ0) is 34.6. The third-order valence-electron chi connectivity index (χ3n) is 10.2. The summed E-state index contributed by atoms with van der Waals surface area (Å²) in [5.41, 5.74) is 16.9. The van der Waals surface area contributed by atoms with Gasteiger partial charge < -0.3 is 0 Å². The van der Waals surface area contributed by atoms with E-state index in [1.54, 1.807) is 0 Å². The molecule has 0 unspecified atom stereocenters. The predicted molar refractivity (Wildman–Crippen MR) is 218 cm³/mol. The summed E-state index contributed by atoms with van der Waals surface area (Å²) in [5.74, 6) is 0. The molecule has 0 heterocycles. The zero-order valence-electron chi connectivity index (χ0n) is 29.1. The number of hydrogen-bond donors (Lipinski definition) is 0. The molecule has 0 spiro atoms. The van der Waals surface area contributed by atoms with Crippen molar-refractivity contribution in [3.8, 4) is 66.8 Å². The Hall–Kier alpha value is -6.24. The van der Waals surface area contributed by atoms with Gasteiger partial charge in [0.2, 0.25) is 0 Å². The number of benzene rings is 8. The van der Waals surface area contributed by atoms with Gasteiger partial charge in [-0.3, -0.25) is 0 Å². The molecule has 0 aliphatic rings. The van der Waals surface area contributed by atoms with Crippen LogP contribution in [0.5, 0.6) is 0 Å². The van der Waals surface area contributed by atoms with Crippen molar-refractivity contribution < 1.29 is 0 Å². The van der Waals surface area contributed by atoms with E-state index in [1.165, 1.54) is 77.9 Å². The van der Waals surface area contributed by atoms with Gasteiger partial charge in [-0.1, -0.05) is 196 Å². The summed E-state index contributed by atoms with van der Waals surface area (Å²) in [7, 11) is 0. The Morgan fingerprint density at radius 3 is 0.667 bits per heavy atom. The van der Waals surface area contributed by atoms with Crippen LogP contribution in [0.3, 0.4) is 0 Å². The smallest absolute Gasteiger partial charge is 0.0147 e. The highest BCUT2D eigenvalue weighted by atomic mass is 14.3. The van der Waals surface area contributed by atoms with Crippen LogP contribution >= 0.6 is 0 Å². The van der Waals surface area contributed by atoms with Crippen molar-refractivity contribution in [1.82, 2.24) is 0 Å². The van der Waals surface area contributed by atoms with Crippen LogP contribution in [0.15, 0.2) is 206 Å². The molecule has 8 aromatic rings. The molecule has 0 aromatic heterocycles. The van der Waals surface area contributed by atoms with Crippen molar-refractivity contribution in [1.29, 1.82) is 0 Å². The average Bonchev–Trinajstić information content (AvgIpc) is 3.21. The minimum Gasteiger partial charge on any atom is -0.0622 e. The van der Waals surface area contributed by atoms with E-state index in [9.17, 15) is 0 Å². The van der Waals surface area contributed by atoms with Gasteiger partial charge in [-0.15, -0.1) is 0 Å². The molecule has 0 fully saturated rings. The topological polar surface area (TPSA) is 0 Å². The van der Waals surface area contributed by atoms with Gasteiger partial charge in [0.05, 0.1) is 0 Å². The molecular formula is C51H40. The van der Waals surface area contributed by atoms with Crippen molar-refractivity contribution in [2.24, 2.45) is 0 Å². The van der Waals surface area contributed by atoms with Crippen LogP contribution in [0.25, 0.3) is 66.8 Å². The minimum atomic E-state index is -0.357. The van der Waals surface area contributed by atoms with Gasteiger partial charge >= 0.3 is 0 Å². The second-order valence-electron chi connectivity index (χ2n) is 13.7. The highest BCUT2D eigenvalue weighted by molar-refractivity contribution is 5.97. The van der Waals surface area contributed by atoms with Crippen LogP contribution in [-0.2, 0) is 5.41 Å². The Balaban J connectivity index is 1.44. The van der Waals surface area contributed by atoms with E-state index in [2.05, 4.69) is 220 Å². The van der Waals surface area contributed by atoms with E-state index in [4.69, 9.17) is 0 Å². The highest BCUT2D eigenvalue weighted by Gasteiger charge is 2.29. The molecule has 0 aliphatic heterocycles. The van der Waals surface area contributed by atoms with Crippen LogP contribution < -0.4 is 0 Å². The molecule has 0 saturated carbocycles. The summed E-state index contributed by atoms with van der Waals surface area (Å²) in [6, 6.07) is 74.9. The molecule has 0 saturated heterocycles. The molecule has 0 bridgehead atoms. The fraction of sp³-hybridized carbons (Fsp3) is 0.0588. The third kappa shape index (κ3) is 6.33. The van der Waals surface area contributed by atoms with Crippen molar-refractivity contribution in [3.05, 3.63) is 217 Å². The van der Waals surface area contributed by atoms with Crippen LogP contribution in [0.1, 0.15) is 25.0 Å². The molecule has 8 rings (SSSR count). The lowest BCUT2D eigenvalue weighted by molar-refractivity contribution is 0.642. The molecule has 51 heavy (non-hydrogen) atoms. The van der Waals surface area contributed by atoms with Crippen molar-refractivity contribution >= 4 is 0 Å². The van der Waals surface area contributed by atoms with Crippen molar-refractivity contribution in [2.75, 3.05) is 0 Å². The standard InChI is InChI=1S/C51H40/c1-51(2,43-33-45(37-21-9-3-10-22-37)49(41-29-17-7-18-30-41)46(34-43)38-23-11-4-12-24-38)44-35-47(39-25-13-5-14-26-39)50(42-31-19-8-20-32-42)48(36-44)40-27-15-6-16-28-40/h3-36H,1-2H3. The normalized spacial score (nSPS) is 11.3. The largest absolute Gasteiger partial charge is 0.0622 e. The first kappa shape index (κ1) is 32.0. The molecule has 0 heteroatoms. The Morgan fingerprint density at radius 1 is 0.255 bits per heavy atom. The third-order valence-corrected chi connectivity index (χ3v) is 10.2. The first-order chi connectivity index (χ1) is 25.1. The summed E-state index contributed by atoms with van der Waals surface area (Å²) >= 11 is 0. The first-order valence-corrected chi connectivity index (χ1v) is 17.8. The zero-order valence-corrected chi connectivity index (χ0v) is 29.1. The molecule has 0 radical (unpaired) electrons. The lowest BCUT2D eigenvalue weighted by Crippen LogP contribution is -2.20. The summed E-state index contributed by atoms with van der Waals surface area (Å²) in [5, 5.41) is 0. The monoisotopic (exact) mass is 652 g/mol. The van der Waals surface area contributed by atoms with E-state index < -0.39 is 0 Å². The molecule has 0 aliphatic carbocycles. The van der Waals surface area contributed by atoms with Crippen LogP contribution in [0.4, 0.5) is 0 Å².